The minimum Gasteiger partial charge on any atom is -0.450 e. The number of carbonyl (C=O) groups excluding carboxylic acids is 2. The third-order valence-corrected chi connectivity index (χ3v) is 6.65. The molecule has 0 aliphatic carbocycles. The Balaban J connectivity index is 1.42. The number of ether oxygens (including phenoxy) is 1. The van der Waals surface area contributed by atoms with Crippen LogP contribution in [0.4, 0.5) is 0 Å². The third kappa shape index (κ3) is 4.79. The molecule has 0 aromatic heterocycles. The normalized spacial score (nSPS) is 14.7. The Hall–Kier alpha value is -4.02. The Morgan fingerprint density at radius 2 is 1.17 bits per heavy atom. The van der Waals surface area contributed by atoms with Crippen LogP contribution in [-0.2, 0) is 10.3 Å². The molecule has 4 heteroatoms. The molecule has 4 aromatic carbocycles. The average molecular weight is 462 g/mol. The molecular weight excluding hydrogens is 434 g/mol. The second-order valence-electron chi connectivity index (χ2n) is 8.82. The molecule has 0 atom stereocenters. The summed E-state index contributed by atoms with van der Waals surface area (Å²) >= 11 is 0. The summed E-state index contributed by atoms with van der Waals surface area (Å²) in [6.07, 6.45) is 1.36. The van der Waals surface area contributed by atoms with E-state index >= 15 is 0 Å². The van der Waals surface area contributed by atoms with Crippen LogP contribution in [-0.4, -0.2) is 24.8 Å². The first-order valence-corrected chi connectivity index (χ1v) is 12.0. The van der Waals surface area contributed by atoms with Crippen molar-refractivity contribution in [1.82, 2.24) is 5.32 Å². The molecule has 0 bridgehead atoms. The predicted octanol–water partition coefficient (Wildman–Crippen LogP) is 6.02. The van der Waals surface area contributed by atoms with Gasteiger partial charge in [0.05, 0.1) is 5.56 Å². The lowest BCUT2D eigenvalue weighted by atomic mass is 9.84. The van der Waals surface area contributed by atoms with E-state index in [9.17, 15) is 9.59 Å². The van der Waals surface area contributed by atoms with Crippen LogP contribution in [0.5, 0.6) is 0 Å². The number of nitrogens with one attached hydrogen (secondary N) is 1. The topological polar surface area (TPSA) is 55.4 Å². The van der Waals surface area contributed by atoms with Crippen molar-refractivity contribution in [1.29, 1.82) is 0 Å². The van der Waals surface area contributed by atoms with Gasteiger partial charge in [0.1, 0.15) is 5.60 Å². The van der Waals surface area contributed by atoms with Crippen LogP contribution in [0.15, 0.2) is 109 Å². The highest BCUT2D eigenvalue weighted by atomic mass is 16.6. The van der Waals surface area contributed by atoms with Crippen molar-refractivity contribution in [2.24, 2.45) is 0 Å². The van der Waals surface area contributed by atoms with E-state index in [1.165, 1.54) is 0 Å². The molecule has 1 saturated heterocycles. The molecule has 1 aliphatic heterocycles. The SMILES string of the molecule is O=C(OC1(c2ccccc2)CCNCC1)c1ccccc1C(=O)c1ccc(-c2ccccc2)cc1. The smallest absolute Gasteiger partial charge is 0.339 e. The van der Waals surface area contributed by atoms with Crippen molar-refractivity contribution in [3.8, 4) is 11.1 Å². The van der Waals surface area contributed by atoms with Crippen LogP contribution < -0.4 is 5.32 Å². The molecule has 0 spiro atoms. The minimum atomic E-state index is -0.711. The van der Waals surface area contributed by atoms with Gasteiger partial charge < -0.3 is 10.1 Å². The number of hydrogen-bond acceptors (Lipinski definition) is 4. The highest BCUT2D eigenvalue weighted by molar-refractivity contribution is 6.14. The largest absolute Gasteiger partial charge is 0.450 e. The predicted molar refractivity (Wildman–Crippen MR) is 137 cm³/mol. The summed E-state index contributed by atoms with van der Waals surface area (Å²) in [7, 11) is 0. The van der Waals surface area contributed by atoms with Gasteiger partial charge in [-0.2, -0.15) is 0 Å². The Labute approximate surface area is 205 Å². The van der Waals surface area contributed by atoms with Gasteiger partial charge in [-0.3, -0.25) is 4.79 Å². The van der Waals surface area contributed by atoms with Gasteiger partial charge in [0.25, 0.3) is 0 Å². The molecule has 4 aromatic rings. The monoisotopic (exact) mass is 461 g/mol. The van der Waals surface area contributed by atoms with Gasteiger partial charge in [0.2, 0.25) is 0 Å². The second kappa shape index (κ2) is 10.1. The number of benzene rings is 4. The molecule has 1 fully saturated rings. The van der Waals surface area contributed by atoms with Crippen molar-refractivity contribution < 1.29 is 14.3 Å². The Bertz CT molecular complexity index is 1310. The maximum Gasteiger partial charge on any atom is 0.339 e. The zero-order chi connectivity index (χ0) is 24.1. The number of carbonyl (C=O) groups is 2. The van der Waals surface area contributed by atoms with Crippen molar-refractivity contribution in [3.63, 3.8) is 0 Å². The number of hydrogen-bond donors (Lipinski definition) is 1. The summed E-state index contributed by atoms with van der Waals surface area (Å²) in [5.74, 6) is -0.670. The average Bonchev–Trinajstić information content (AvgIpc) is 2.94. The van der Waals surface area contributed by atoms with Gasteiger partial charge in [-0.05, 0) is 35.8 Å². The second-order valence-corrected chi connectivity index (χ2v) is 8.82. The van der Waals surface area contributed by atoms with Crippen LogP contribution >= 0.6 is 0 Å². The van der Waals surface area contributed by atoms with E-state index in [0.29, 0.717) is 29.5 Å². The Morgan fingerprint density at radius 1 is 0.629 bits per heavy atom. The fourth-order valence-electron chi connectivity index (χ4n) is 4.71. The van der Waals surface area contributed by atoms with Crippen molar-refractivity contribution >= 4 is 11.8 Å². The molecule has 1 aliphatic rings. The molecule has 0 radical (unpaired) electrons. The fourth-order valence-corrected chi connectivity index (χ4v) is 4.71. The molecule has 35 heavy (non-hydrogen) atoms. The van der Waals surface area contributed by atoms with Crippen LogP contribution in [0.25, 0.3) is 11.1 Å². The van der Waals surface area contributed by atoms with Gasteiger partial charge in [-0.25, -0.2) is 4.79 Å². The maximum absolute atomic E-state index is 13.5. The molecule has 0 amide bonds. The molecule has 1 N–H and O–H groups in total. The van der Waals surface area contributed by atoms with Crippen molar-refractivity contribution in [2.75, 3.05) is 13.1 Å². The van der Waals surface area contributed by atoms with E-state index < -0.39 is 11.6 Å². The van der Waals surface area contributed by atoms with Crippen LogP contribution in [0.2, 0.25) is 0 Å². The van der Waals surface area contributed by atoms with Gasteiger partial charge in [-0.15, -0.1) is 0 Å². The van der Waals surface area contributed by atoms with E-state index in [4.69, 9.17) is 4.74 Å². The summed E-state index contributed by atoms with van der Waals surface area (Å²) in [6, 6.07) is 34.3. The fraction of sp³-hybridized carbons (Fsp3) is 0.161. The molecule has 1 heterocycles. The minimum absolute atomic E-state index is 0.198. The summed E-state index contributed by atoms with van der Waals surface area (Å²) in [4.78, 5) is 26.9. The summed E-state index contributed by atoms with van der Waals surface area (Å²) < 4.78 is 6.22. The lowest BCUT2D eigenvalue weighted by Gasteiger charge is -2.37. The zero-order valence-electron chi connectivity index (χ0n) is 19.4. The van der Waals surface area contributed by atoms with E-state index in [2.05, 4.69) is 5.32 Å². The highest BCUT2D eigenvalue weighted by Gasteiger charge is 2.38. The standard InChI is InChI=1S/C31H27NO3/c33-29(25-17-15-24(16-18-25)23-9-3-1-4-10-23)27-13-7-8-14-28(27)30(34)35-31(19-21-32-22-20-31)26-11-5-2-6-12-26/h1-18,32H,19-22H2. The highest BCUT2D eigenvalue weighted by Crippen LogP contribution is 2.36. The summed E-state index contributed by atoms with van der Waals surface area (Å²) in [5.41, 5.74) is 3.56. The first-order valence-electron chi connectivity index (χ1n) is 12.0. The van der Waals surface area contributed by atoms with E-state index in [1.807, 2.05) is 84.9 Å². The number of esters is 1. The lowest BCUT2D eigenvalue weighted by molar-refractivity contribution is -0.0379. The quantitative estimate of drug-likeness (QED) is 0.282. The molecule has 0 saturated carbocycles. The molecule has 0 unspecified atom stereocenters. The zero-order valence-corrected chi connectivity index (χ0v) is 19.4. The Morgan fingerprint density at radius 3 is 1.83 bits per heavy atom. The number of ketones is 1. The van der Waals surface area contributed by atoms with Gasteiger partial charge in [-0.1, -0.05) is 103 Å². The Kier molecular flexibility index (Phi) is 6.55. The molecule has 174 valence electrons. The van der Waals surface area contributed by atoms with Gasteiger partial charge in [0.15, 0.2) is 5.78 Å². The van der Waals surface area contributed by atoms with Crippen molar-refractivity contribution in [2.45, 2.75) is 18.4 Å². The maximum atomic E-state index is 13.5. The van der Waals surface area contributed by atoms with E-state index in [-0.39, 0.29) is 5.78 Å². The van der Waals surface area contributed by atoms with Gasteiger partial charge >= 0.3 is 5.97 Å². The van der Waals surface area contributed by atoms with Crippen LogP contribution in [0.3, 0.4) is 0 Å². The van der Waals surface area contributed by atoms with E-state index in [0.717, 1.165) is 29.8 Å². The molecule has 4 nitrogen and oxygen atoms in total. The van der Waals surface area contributed by atoms with Crippen LogP contribution in [0, 0.1) is 0 Å². The number of rotatable bonds is 6. The lowest BCUT2D eigenvalue weighted by Crippen LogP contribution is -2.43. The van der Waals surface area contributed by atoms with E-state index in [1.54, 1.807) is 24.3 Å². The molecule has 5 rings (SSSR count). The summed E-state index contributed by atoms with van der Waals surface area (Å²) in [5, 5.41) is 3.34. The van der Waals surface area contributed by atoms with Crippen LogP contribution in [0.1, 0.15) is 44.7 Å². The van der Waals surface area contributed by atoms with Crippen molar-refractivity contribution in [3.05, 3.63) is 131 Å². The molecular formula is C31H27NO3. The first kappa shape index (κ1) is 22.8. The summed E-state index contributed by atoms with van der Waals surface area (Å²) in [6.45, 7) is 1.52. The third-order valence-electron chi connectivity index (χ3n) is 6.65. The number of piperidine rings is 1. The van der Waals surface area contributed by atoms with Gasteiger partial charge in [0, 0.05) is 24.0 Å². The first-order chi connectivity index (χ1) is 17.2.